The highest BCUT2D eigenvalue weighted by atomic mass is 32.2. The molecule has 0 spiro atoms. The molecule has 0 heterocycles. The summed E-state index contributed by atoms with van der Waals surface area (Å²) in [4.78, 5) is 22.2. The number of carbonyl (C=O) groups excluding carboxylic acids is 2. The van der Waals surface area contributed by atoms with Crippen LogP contribution in [-0.2, 0) is 29.2 Å². The minimum atomic E-state index is -5.70. The lowest BCUT2D eigenvalue weighted by molar-refractivity contribution is -0.271. The highest BCUT2D eigenvalue weighted by Gasteiger charge is 2.56. The van der Waals surface area contributed by atoms with Gasteiger partial charge in [0.2, 0.25) is 6.10 Å². The van der Waals surface area contributed by atoms with Crippen molar-refractivity contribution in [3.05, 3.63) is 12.2 Å². The van der Waals surface area contributed by atoms with E-state index in [0.29, 0.717) is 0 Å². The van der Waals surface area contributed by atoms with Crippen molar-refractivity contribution >= 4 is 22.1 Å². The SMILES string of the molecule is CC(F)(F)C(OC(=O)/C=C\C(=O)OC(CS(=O)(=O)O)C(F)(F)F)C(F)(F)F. The van der Waals surface area contributed by atoms with E-state index in [1.165, 1.54) is 0 Å². The quantitative estimate of drug-likeness (QED) is 0.281. The number of esters is 2. The van der Waals surface area contributed by atoms with Crippen molar-refractivity contribution in [2.75, 3.05) is 5.75 Å². The van der Waals surface area contributed by atoms with Gasteiger partial charge in [-0.3, -0.25) is 4.55 Å². The molecule has 0 aromatic carbocycles. The molecule has 0 aromatic rings. The first-order valence-corrected chi connectivity index (χ1v) is 7.90. The molecule has 0 saturated carbocycles. The summed E-state index contributed by atoms with van der Waals surface area (Å²) in [5, 5.41) is 0. The van der Waals surface area contributed by atoms with Gasteiger partial charge >= 0.3 is 24.3 Å². The molecule has 0 amide bonds. The van der Waals surface area contributed by atoms with Crippen molar-refractivity contribution in [2.24, 2.45) is 0 Å². The van der Waals surface area contributed by atoms with Crippen molar-refractivity contribution in [1.29, 1.82) is 0 Å². The lowest BCUT2D eigenvalue weighted by Gasteiger charge is -2.25. The summed E-state index contributed by atoms with van der Waals surface area (Å²) in [7, 11) is -5.25. The van der Waals surface area contributed by atoms with Crippen molar-refractivity contribution < 1.29 is 67.2 Å². The molecule has 0 bridgehead atoms. The zero-order valence-corrected chi connectivity index (χ0v) is 13.7. The molecule has 0 saturated heterocycles. The zero-order chi connectivity index (χ0) is 21.8. The molecule has 1 N–H and O–H groups in total. The average molecular weight is 438 g/mol. The summed E-state index contributed by atoms with van der Waals surface area (Å²) in [6.45, 7) is -0.223. The molecule has 27 heavy (non-hydrogen) atoms. The third-order valence-electron chi connectivity index (χ3n) is 2.33. The van der Waals surface area contributed by atoms with E-state index < -0.39 is 58.3 Å². The number of hydrogen-bond donors (Lipinski definition) is 1. The highest BCUT2D eigenvalue weighted by Crippen LogP contribution is 2.34. The van der Waals surface area contributed by atoms with E-state index in [2.05, 4.69) is 9.47 Å². The predicted octanol–water partition coefficient (Wildman–Crippen LogP) is 2.03. The maximum absolute atomic E-state index is 12.8. The molecule has 0 aliphatic rings. The Hall–Kier alpha value is -1.97. The normalized spacial score (nSPS) is 16.1. The molecule has 16 heteroatoms. The van der Waals surface area contributed by atoms with Crippen molar-refractivity contribution in [1.82, 2.24) is 0 Å². The van der Waals surface area contributed by atoms with Crippen LogP contribution in [0.5, 0.6) is 0 Å². The number of carbonyl (C=O) groups is 2. The van der Waals surface area contributed by atoms with Crippen molar-refractivity contribution in [3.63, 3.8) is 0 Å². The summed E-state index contributed by atoms with van der Waals surface area (Å²) in [6.07, 6.45) is -18.9. The molecule has 0 aliphatic heterocycles. The van der Waals surface area contributed by atoms with E-state index >= 15 is 0 Å². The number of halogens is 8. The molecule has 7 nitrogen and oxygen atoms in total. The van der Waals surface area contributed by atoms with E-state index in [1.807, 2.05) is 0 Å². The summed E-state index contributed by atoms with van der Waals surface area (Å²) in [6, 6.07) is 0. The Labute approximate surface area is 145 Å². The van der Waals surface area contributed by atoms with Gasteiger partial charge in [-0.25, -0.2) is 18.4 Å². The monoisotopic (exact) mass is 438 g/mol. The van der Waals surface area contributed by atoms with Crippen LogP contribution in [0, 0.1) is 0 Å². The predicted molar refractivity (Wildman–Crippen MR) is 68.0 cm³/mol. The van der Waals surface area contributed by atoms with Gasteiger partial charge in [-0.1, -0.05) is 0 Å². The molecule has 158 valence electrons. The maximum Gasteiger partial charge on any atom is 0.431 e. The molecule has 0 aliphatic carbocycles. The third kappa shape index (κ3) is 10.1. The molecule has 0 aromatic heterocycles. The summed E-state index contributed by atoms with van der Waals surface area (Å²) in [5.41, 5.74) is 0. The molecule has 2 unspecified atom stereocenters. The van der Waals surface area contributed by atoms with Crippen molar-refractivity contribution in [2.45, 2.75) is 37.4 Å². The van der Waals surface area contributed by atoms with Crippen LogP contribution in [0.2, 0.25) is 0 Å². The van der Waals surface area contributed by atoms with Crippen LogP contribution in [0.15, 0.2) is 12.2 Å². The van der Waals surface area contributed by atoms with E-state index in [0.717, 1.165) is 0 Å². The van der Waals surface area contributed by atoms with Gasteiger partial charge in [-0.15, -0.1) is 0 Å². The van der Waals surface area contributed by atoms with Gasteiger partial charge in [-0.05, 0) is 0 Å². The Morgan fingerprint density at radius 1 is 0.926 bits per heavy atom. The molecule has 0 fully saturated rings. The van der Waals surface area contributed by atoms with Crippen molar-refractivity contribution in [3.8, 4) is 0 Å². The van der Waals surface area contributed by atoms with Gasteiger partial charge in [0, 0.05) is 19.1 Å². The topological polar surface area (TPSA) is 107 Å². The van der Waals surface area contributed by atoms with Crippen LogP contribution < -0.4 is 0 Å². The van der Waals surface area contributed by atoms with Crippen LogP contribution in [0.3, 0.4) is 0 Å². The Bertz CT molecular complexity index is 660. The van der Waals surface area contributed by atoms with Gasteiger partial charge in [0.15, 0.2) is 0 Å². The number of alkyl halides is 8. The third-order valence-corrected chi connectivity index (χ3v) is 3.06. The zero-order valence-electron chi connectivity index (χ0n) is 12.8. The highest BCUT2D eigenvalue weighted by molar-refractivity contribution is 7.85. The Balaban J connectivity index is 5.12. The number of ether oxygens (including phenoxy) is 2. The Morgan fingerprint density at radius 2 is 1.33 bits per heavy atom. The van der Waals surface area contributed by atoms with Gasteiger partial charge in [-0.2, -0.15) is 34.8 Å². The van der Waals surface area contributed by atoms with E-state index in [-0.39, 0.29) is 19.1 Å². The first kappa shape index (κ1) is 25.0. The summed E-state index contributed by atoms with van der Waals surface area (Å²) >= 11 is 0. The van der Waals surface area contributed by atoms with Gasteiger partial charge in [0.05, 0.1) is 0 Å². The Kier molecular flexibility index (Phi) is 7.76. The summed E-state index contributed by atoms with van der Waals surface area (Å²) < 4.78 is 136. The lowest BCUT2D eigenvalue weighted by atomic mass is 10.2. The number of rotatable bonds is 7. The van der Waals surface area contributed by atoms with Gasteiger partial charge in [0.1, 0.15) is 5.75 Å². The Morgan fingerprint density at radius 3 is 1.63 bits per heavy atom. The minimum absolute atomic E-state index is 0.216. The van der Waals surface area contributed by atoms with Crippen LogP contribution >= 0.6 is 0 Å². The second-order valence-corrected chi connectivity index (χ2v) is 6.36. The molecule has 0 rings (SSSR count). The molecule has 2 atom stereocenters. The molecule has 0 radical (unpaired) electrons. The van der Waals surface area contributed by atoms with E-state index in [9.17, 15) is 53.1 Å². The fourth-order valence-corrected chi connectivity index (χ4v) is 1.95. The fourth-order valence-electron chi connectivity index (χ4n) is 1.32. The lowest BCUT2D eigenvalue weighted by Crippen LogP contribution is -2.46. The van der Waals surface area contributed by atoms with Crippen LogP contribution in [0.25, 0.3) is 0 Å². The maximum atomic E-state index is 12.8. The average Bonchev–Trinajstić information content (AvgIpc) is 2.36. The second kappa shape index (κ2) is 8.37. The summed E-state index contributed by atoms with van der Waals surface area (Å²) in [5.74, 6) is -10.9. The minimum Gasteiger partial charge on any atom is -0.448 e. The van der Waals surface area contributed by atoms with Crippen LogP contribution in [0.1, 0.15) is 6.92 Å². The van der Waals surface area contributed by atoms with Crippen LogP contribution in [0.4, 0.5) is 35.1 Å². The fraction of sp³-hybridized carbons (Fsp3) is 0.636. The van der Waals surface area contributed by atoms with Gasteiger partial charge in [0.25, 0.3) is 22.1 Å². The first-order valence-electron chi connectivity index (χ1n) is 6.29. The smallest absolute Gasteiger partial charge is 0.431 e. The largest absolute Gasteiger partial charge is 0.448 e. The number of hydrogen-bond acceptors (Lipinski definition) is 6. The second-order valence-electron chi connectivity index (χ2n) is 4.86. The standard InChI is InChI=1S/C11H10F8O7S/c1-9(12,13)8(11(17,18)19)26-7(21)3-2-6(20)25-5(10(14,15)16)4-27(22,23)24/h2-3,5,8H,4H2,1H3,(H,22,23,24)/b3-2-. The van der Waals surface area contributed by atoms with Gasteiger partial charge < -0.3 is 9.47 Å². The van der Waals surface area contributed by atoms with Crippen LogP contribution in [-0.4, -0.2) is 61.1 Å². The van der Waals surface area contributed by atoms with E-state index in [1.54, 1.807) is 0 Å². The van der Waals surface area contributed by atoms with E-state index in [4.69, 9.17) is 4.55 Å². The molecular formula is C11H10F8O7S. The first-order chi connectivity index (χ1) is 11.7. The molecular weight excluding hydrogens is 428 g/mol.